The average Bonchev–Trinajstić information content (AvgIpc) is 2.45. The maximum atomic E-state index is 11.4. The lowest BCUT2D eigenvalue weighted by Gasteiger charge is -2.37. The zero-order valence-corrected chi connectivity index (χ0v) is 12.3. The lowest BCUT2D eigenvalue weighted by Crippen LogP contribution is -2.46. The number of amides is 1. The number of carbonyl (C=O) groups is 1. The second-order valence-corrected chi connectivity index (χ2v) is 5.49. The normalized spacial score (nSPS) is 22.6. The van der Waals surface area contributed by atoms with Gasteiger partial charge in [-0.1, -0.05) is 13.0 Å². The Labute approximate surface area is 120 Å². The molecule has 1 aromatic heterocycles. The summed E-state index contributed by atoms with van der Waals surface area (Å²) in [5, 5.41) is 3.29. The maximum absolute atomic E-state index is 11.4. The van der Waals surface area contributed by atoms with Crippen LogP contribution in [0, 0.1) is 5.92 Å². The van der Waals surface area contributed by atoms with Crippen LogP contribution in [0.1, 0.15) is 33.1 Å². The van der Waals surface area contributed by atoms with Crippen LogP contribution in [0.3, 0.4) is 0 Å². The highest BCUT2D eigenvalue weighted by Gasteiger charge is 2.29. The third-order valence-corrected chi connectivity index (χ3v) is 3.87. The van der Waals surface area contributed by atoms with Gasteiger partial charge in [0.05, 0.1) is 5.92 Å². The Morgan fingerprint density at radius 1 is 1.50 bits per heavy atom. The Balaban J connectivity index is 2.13. The predicted molar refractivity (Wildman–Crippen MR) is 81.7 cm³/mol. The fraction of sp³-hybridized carbons (Fsp3) is 0.600. The van der Waals surface area contributed by atoms with E-state index >= 15 is 0 Å². The number of pyridine rings is 1. The topological polar surface area (TPSA) is 71.2 Å². The highest BCUT2D eigenvalue weighted by atomic mass is 16.1. The van der Waals surface area contributed by atoms with Crippen molar-refractivity contribution in [2.24, 2.45) is 11.7 Å². The summed E-state index contributed by atoms with van der Waals surface area (Å²) in [5.74, 6) is 1.53. The molecule has 1 saturated heterocycles. The van der Waals surface area contributed by atoms with Crippen LogP contribution in [-0.4, -0.2) is 30.0 Å². The van der Waals surface area contributed by atoms with Gasteiger partial charge in [-0.2, -0.15) is 0 Å². The Kier molecular flexibility index (Phi) is 4.82. The number of primary amides is 1. The van der Waals surface area contributed by atoms with Crippen molar-refractivity contribution >= 4 is 17.5 Å². The molecule has 0 bridgehead atoms. The molecule has 0 aromatic carbocycles. The molecule has 2 unspecified atom stereocenters. The molecule has 0 saturated carbocycles. The SMILES string of the molecule is CCCNc1cccc(N2CC(C(N)=O)CCC2C)n1. The summed E-state index contributed by atoms with van der Waals surface area (Å²) in [5.41, 5.74) is 5.45. The molecular weight excluding hydrogens is 252 g/mol. The van der Waals surface area contributed by atoms with Crippen LogP contribution in [-0.2, 0) is 4.79 Å². The van der Waals surface area contributed by atoms with Crippen LogP contribution in [0.2, 0.25) is 0 Å². The maximum Gasteiger partial charge on any atom is 0.222 e. The summed E-state index contributed by atoms with van der Waals surface area (Å²) < 4.78 is 0. The van der Waals surface area contributed by atoms with Crippen molar-refractivity contribution < 1.29 is 4.79 Å². The first-order valence-corrected chi connectivity index (χ1v) is 7.38. The van der Waals surface area contributed by atoms with Crippen molar-refractivity contribution in [2.75, 3.05) is 23.3 Å². The Hall–Kier alpha value is -1.78. The number of hydrogen-bond acceptors (Lipinski definition) is 4. The molecule has 0 aliphatic carbocycles. The van der Waals surface area contributed by atoms with E-state index in [1.54, 1.807) is 0 Å². The number of nitrogens with two attached hydrogens (primary N) is 1. The number of anilines is 2. The van der Waals surface area contributed by atoms with Gasteiger partial charge in [0.2, 0.25) is 5.91 Å². The molecule has 20 heavy (non-hydrogen) atoms. The van der Waals surface area contributed by atoms with E-state index < -0.39 is 0 Å². The minimum atomic E-state index is -0.206. The van der Waals surface area contributed by atoms with Gasteiger partial charge in [0.25, 0.3) is 0 Å². The Bertz CT molecular complexity index is 463. The van der Waals surface area contributed by atoms with E-state index in [1.807, 2.05) is 18.2 Å². The zero-order valence-electron chi connectivity index (χ0n) is 12.3. The first-order chi connectivity index (χ1) is 9.61. The molecule has 1 fully saturated rings. The first-order valence-electron chi connectivity index (χ1n) is 7.38. The fourth-order valence-corrected chi connectivity index (χ4v) is 2.59. The van der Waals surface area contributed by atoms with Gasteiger partial charge in [-0.3, -0.25) is 4.79 Å². The van der Waals surface area contributed by atoms with E-state index in [-0.39, 0.29) is 11.8 Å². The molecule has 1 aromatic rings. The molecule has 2 atom stereocenters. The van der Waals surface area contributed by atoms with Gasteiger partial charge in [0, 0.05) is 19.1 Å². The standard InChI is InChI=1S/C15H24N4O/c1-3-9-17-13-5-4-6-14(18-13)19-10-12(15(16)20)8-7-11(19)2/h4-6,11-12H,3,7-10H2,1-2H3,(H2,16,20)(H,17,18). The van der Waals surface area contributed by atoms with Crippen LogP contribution >= 0.6 is 0 Å². The zero-order chi connectivity index (χ0) is 14.5. The largest absolute Gasteiger partial charge is 0.370 e. The van der Waals surface area contributed by atoms with Crippen molar-refractivity contribution in [3.8, 4) is 0 Å². The number of piperidine rings is 1. The molecule has 110 valence electrons. The third kappa shape index (κ3) is 3.40. The van der Waals surface area contributed by atoms with Gasteiger partial charge in [0.1, 0.15) is 11.6 Å². The number of hydrogen-bond donors (Lipinski definition) is 2. The highest BCUT2D eigenvalue weighted by Crippen LogP contribution is 2.27. The number of nitrogens with one attached hydrogen (secondary N) is 1. The predicted octanol–water partition coefficient (Wildman–Crippen LogP) is 1.99. The second kappa shape index (κ2) is 6.59. The lowest BCUT2D eigenvalue weighted by molar-refractivity contribution is -0.122. The number of carbonyl (C=O) groups excluding carboxylic acids is 1. The molecule has 3 N–H and O–H groups in total. The molecule has 0 radical (unpaired) electrons. The highest BCUT2D eigenvalue weighted by molar-refractivity contribution is 5.77. The fourth-order valence-electron chi connectivity index (χ4n) is 2.59. The summed E-state index contributed by atoms with van der Waals surface area (Å²) in [6.45, 7) is 5.88. The molecule has 5 heteroatoms. The average molecular weight is 276 g/mol. The number of rotatable bonds is 5. The number of aromatic nitrogens is 1. The quantitative estimate of drug-likeness (QED) is 0.863. The summed E-state index contributed by atoms with van der Waals surface area (Å²) in [6, 6.07) is 6.36. The number of nitrogens with zero attached hydrogens (tertiary/aromatic N) is 2. The Morgan fingerprint density at radius 3 is 3.00 bits per heavy atom. The van der Waals surface area contributed by atoms with Gasteiger partial charge in [-0.15, -0.1) is 0 Å². The smallest absolute Gasteiger partial charge is 0.222 e. The van der Waals surface area contributed by atoms with E-state index in [0.717, 1.165) is 37.4 Å². The minimum Gasteiger partial charge on any atom is -0.370 e. The first kappa shape index (κ1) is 14.6. The molecule has 1 amide bonds. The lowest BCUT2D eigenvalue weighted by atomic mass is 9.93. The summed E-state index contributed by atoms with van der Waals surface area (Å²) in [6.07, 6.45) is 2.92. The molecule has 2 heterocycles. The van der Waals surface area contributed by atoms with E-state index in [1.165, 1.54) is 0 Å². The second-order valence-electron chi connectivity index (χ2n) is 5.49. The summed E-state index contributed by atoms with van der Waals surface area (Å²) >= 11 is 0. The Morgan fingerprint density at radius 2 is 2.30 bits per heavy atom. The molecule has 0 spiro atoms. The van der Waals surface area contributed by atoms with E-state index in [9.17, 15) is 4.79 Å². The van der Waals surface area contributed by atoms with Gasteiger partial charge >= 0.3 is 0 Å². The molecular formula is C15H24N4O. The van der Waals surface area contributed by atoms with Crippen molar-refractivity contribution in [2.45, 2.75) is 39.2 Å². The van der Waals surface area contributed by atoms with Gasteiger partial charge in [-0.25, -0.2) is 4.98 Å². The van der Waals surface area contributed by atoms with Gasteiger partial charge in [0.15, 0.2) is 0 Å². The van der Waals surface area contributed by atoms with Gasteiger partial charge in [-0.05, 0) is 38.3 Å². The molecule has 2 rings (SSSR count). The van der Waals surface area contributed by atoms with Gasteiger partial charge < -0.3 is 16.0 Å². The van der Waals surface area contributed by atoms with E-state index in [0.29, 0.717) is 12.6 Å². The summed E-state index contributed by atoms with van der Waals surface area (Å²) in [7, 11) is 0. The van der Waals surface area contributed by atoms with E-state index in [2.05, 4.69) is 29.0 Å². The van der Waals surface area contributed by atoms with Crippen molar-refractivity contribution in [1.29, 1.82) is 0 Å². The van der Waals surface area contributed by atoms with Crippen LogP contribution in [0.4, 0.5) is 11.6 Å². The monoisotopic (exact) mass is 276 g/mol. The van der Waals surface area contributed by atoms with E-state index in [4.69, 9.17) is 5.73 Å². The molecule has 1 aliphatic heterocycles. The summed E-state index contributed by atoms with van der Waals surface area (Å²) in [4.78, 5) is 18.2. The molecule has 1 aliphatic rings. The van der Waals surface area contributed by atoms with Crippen molar-refractivity contribution in [1.82, 2.24) is 4.98 Å². The molecule has 5 nitrogen and oxygen atoms in total. The van der Waals surface area contributed by atoms with Crippen LogP contribution in [0.5, 0.6) is 0 Å². The minimum absolute atomic E-state index is 0.0692. The third-order valence-electron chi connectivity index (χ3n) is 3.87. The van der Waals surface area contributed by atoms with Crippen LogP contribution in [0.25, 0.3) is 0 Å². The van der Waals surface area contributed by atoms with Crippen molar-refractivity contribution in [3.63, 3.8) is 0 Å². The van der Waals surface area contributed by atoms with Crippen LogP contribution in [0.15, 0.2) is 18.2 Å². The van der Waals surface area contributed by atoms with Crippen molar-refractivity contribution in [3.05, 3.63) is 18.2 Å². The van der Waals surface area contributed by atoms with Crippen LogP contribution < -0.4 is 16.0 Å².